The summed E-state index contributed by atoms with van der Waals surface area (Å²) in [6.07, 6.45) is 1.97. The molecule has 1 aliphatic heterocycles. The molecule has 7 nitrogen and oxygen atoms in total. The molecule has 1 amide bonds. The molecule has 0 bridgehead atoms. The predicted octanol–water partition coefficient (Wildman–Crippen LogP) is 1.65. The largest absolute Gasteiger partial charge is 0.484 e. The van der Waals surface area contributed by atoms with E-state index in [0.29, 0.717) is 5.75 Å². The van der Waals surface area contributed by atoms with E-state index in [1.54, 1.807) is 6.07 Å². The Labute approximate surface area is 135 Å². The van der Waals surface area contributed by atoms with Crippen LogP contribution in [0.25, 0.3) is 0 Å². The summed E-state index contributed by atoms with van der Waals surface area (Å²) in [7, 11) is 0. The van der Waals surface area contributed by atoms with E-state index in [9.17, 15) is 14.9 Å². The highest BCUT2D eigenvalue weighted by Crippen LogP contribution is 2.18. The van der Waals surface area contributed by atoms with Crippen LogP contribution in [0.15, 0.2) is 24.3 Å². The van der Waals surface area contributed by atoms with Crippen LogP contribution in [0.5, 0.6) is 5.75 Å². The molecule has 2 N–H and O–H groups in total. The molecular formula is C14H20ClN3O4. The third-order valence-corrected chi connectivity index (χ3v) is 3.51. The van der Waals surface area contributed by atoms with Gasteiger partial charge in [0.15, 0.2) is 6.61 Å². The van der Waals surface area contributed by atoms with E-state index in [2.05, 4.69) is 10.6 Å². The van der Waals surface area contributed by atoms with Gasteiger partial charge in [-0.3, -0.25) is 14.9 Å². The van der Waals surface area contributed by atoms with Crippen molar-refractivity contribution < 1.29 is 14.5 Å². The second-order valence-corrected chi connectivity index (χ2v) is 5.10. The summed E-state index contributed by atoms with van der Waals surface area (Å²) in [6.45, 7) is 2.85. The number of hydrogen-bond donors (Lipinski definition) is 2. The average molecular weight is 330 g/mol. The molecular weight excluding hydrogens is 310 g/mol. The molecule has 0 aromatic heterocycles. The number of amides is 1. The summed E-state index contributed by atoms with van der Waals surface area (Å²) in [6, 6.07) is 6.13. The second kappa shape index (κ2) is 8.55. The van der Waals surface area contributed by atoms with Crippen LogP contribution in [0, 0.1) is 10.1 Å². The van der Waals surface area contributed by atoms with Gasteiger partial charge in [-0.1, -0.05) is 6.07 Å². The van der Waals surface area contributed by atoms with Crippen LogP contribution in [-0.4, -0.2) is 36.1 Å². The van der Waals surface area contributed by atoms with E-state index in [1.807, 2.05) is 6.92 Å². The SMILES string of the molecule is CC1NCCCC1NC(=O)COc1cccc([N+](=O)[O-])c1.Cl. The maximum absolute atomic E-state index is 11.9. The number of nitrogens with zero attached hydrogens (tertiary/aromatic N) is 1. The lowest BCUT2D eigenvalue weighted by Gasteiger charge is -2.30. The quantitative estimate of drug-likeness (QED) is 0.633. The summed E-state index contributed by atoms with van der Waals surface area (Å²) < 4.78 is 5.30. The number of carbonyl (C=O) groups excluding carboxylic acids is 1. The maximum atomic E-state index is 11.9. The zero-order valence-electron chi connectivity index (χ0n) is 12.3. The van der Waals surface area contributed by atoms with Crippen molar-refractivity contribution in [1.29, 1.82) is 0 Å². The van der Waals surface area contributed by atoms with Gasteiger partial charge < -0.3 is 15.4 Å². The predicted molar refractivity (Wildman–Crippen MR) is 84.5 cm³/mol. The highest BCUT2D eigenvalue weighted by molar-refractivity contribution is 5.85. The third-order valence-electron chi connectivity index (χ3n) is 3.51. The summed E-state index contributed by atoms with van der Waals surface area (Å²) in [5.74, 6) is 0.0937. The van der Waals surface area contributed by atoms with Gasteiger partial charge in [0.05, 0.1) is 11.0 Å². The van der Waals surface area contributed by atoms with Gasteiger partial charge in [0.2, 0.25) is 0 Å². The number of nitro groups is 1. The van der Waals surface area contributed by atoms with Gasteiger partial charge >= 0.3 is 0 Å². The molecule has 2 unspecified atom stereocenters. The molecule has 1 fully saturated rings. The van der Waals surface area contributed by atoms with Crippen molar-refractivity contribution in [2.24, 2.45) is 0 Å². The summed E-state index contributed by atoms with van der Waals surface area (Å²) >= 11 is 0. The molecule has 2 atom stereocenters. The molecule has 8 heteroatoms. The fourth-order valence-corrected chi connectivity index (χ4v) is 2.33. The van der Waals surface area contributed by atoms with Crippen LogP contribution in [0.4, 0.5) is 5.69 Å². The van der Waals surface area contributed by atoms with Gasteiger partial charge in [-0.05, 0) is 32.4 Å². The van der Waals surface area contributed by atoms with Crippen molar-refractivity contribution in [1.82, 2.24) is 10.6 Å². The minimum atomic E-state index is -0.498. The Balaban J connectivity index is 0.00000242. The van der Waals surface area contributed by atoms with Crippen LogP contribution in [0.2, 0.25) is 0 Å². The van der Waals surface area contributed by atoms with E-state index in [0.717, 1.165) is 19.4 Å². The van der Waals surface area contributed by atoms with E-state index in [1.165, 1.54) is 18.2 Å². The van der Waals surface area contributed by atoms with E-state index in [-0.39, 0.29) is 42.7 Å². The minimum Gasteiger partial charge on any atom is -0.484 e. The van der Waals surface area contributed by atoms with Crippen LogP contribution in [0.1, 0.15) is 19.8 Å². The molecule has 0 aliphatic carbocycles. The molecule has 0 saturated carbocycles. The van der Waals surface area contributed by atoms with Gasteiger partial charge in [-0.15, -0.1) is 12.4 Å². The first-order valence-corrected chi connectivity index (χ1v) is 6.96. The first kappa shape index (κ1) is 18.2. The lowest BCUT2D eigenvalue weighted by Crippen LogP contribution is -2.52. The van der Waals surface area contributed by atoms with Gasteiger partial charge in [0.1, 0.15) is 5.75 Å². The van der Waals surface area contributed by atoms with Gasteiger partial charge in [-0.25, -0.2) is 0 Å². The first-order chi connectivity index (χ1) is 10.1. The standard InChI is InChI=1S/C14H19N3O4.ClH/c1-10-13(6-3-7-15-10)16-14(18)9-21-12-5-2-4-11(8-12)17(19)20;/h2,4-5,8,10,13,15H,3,6-7,9H2,1H3,(H,16,18);1H. The Hall–Kier alpha value is -1.86. The van der Waals surface area contributed by atoms with Crippen molar-refractivity contribution in [2.45, 2.75) is 31.8 Å². The van der Waals surface area contributed by atoms with Gasteiger partial charge in [0, 0.05) is 18.2 Å². The molecule has 1 aromatic rings. The number of benzene rings is 1. The maximum Gasteiger partial charge on any atom is 0.273 e. The second-order valence-electron chi connectivity index (χ2n) is 5.10. The first-order valence-electron chi connectivity index (χ1n) is 6.96. The van der Waals surface area contributed by atoms with Gasteiger partial charge in [-0.2, -0.15) is 0 Å². The van der Waals surface area contributed by atoms with E-state index < -0.39 is 4.92 Å². The number of piperidine rings is 1. The number of carbonyl (C=O) groups is 1. The number of hydrogen-bond acceptors (Lipinski definition) is 5. The lowest BCUT2D eigenvalue weighted by atomic mass is 10.00. The Morgan fingerprint density at radius 3 is 3.00 bits per heavy atom. The van der Waals surface area contributed by atoms with Crippen LogP contribution < -0.4 is 15.4 Å². The van der Waals surface area contributed by atoms with Crippen molar-refractivity contribution in [3.63, 3.8) is 0 Å². The third kappa shape index (κ3) is 5.16. The number of nitrogens with one attached hydrogen (secondary N) is 2. The average Bonchev–Trinajstić information content (AvgIpc) is 2.48. The molecule has 122 valence electrons. The summed E-state index contributed by atoms with van der Waals surface area (Å²) in [5.41, 5.74) is -0.0574. The van der Waals surface area contributed by atoms with E-state index >= 15 is 0 Å². The minimum absolute atomic E-state index is 0. The van der Waals surface area contributed by atoms with Crippen molar-refractivity contribution in [3.05, 3.63) is 34.4 Å². The Kier molecular flexibility index (Phi) is 7.07. The van der Waals surface area contributed by atoms with Gasteiger partial charge in [0.25, 0.3) is 11.6 Å². The summed E-state index contributed by atoms with van der Waals surface area (Å²) in [5, 5.41) is 16.9. The number of halogens is 1. The van der Waals surface area contributed by atoms with Crippen LogP contribution in [0.3, 0.4) is 0 Å². The highest BCUT2D eigenvalue weighted by atomic mass is 35.5. The van der Waals surface area contributed by atoms with Crippen molar-refractivity contribution in [3.8, 4) is 5.75 Å². The molecule has 22 heavy (non-hydrogen) atoms. The number of ether oxygens (including phenoxy) is 1. The fraction of sp³-hybridized carbons (Fsp3) is 0.500. The molecule has 1 heterocycles. The molecule has 2 rings (SSSR count). The zero-order valence-corrected chi connectivity index (χ0v) is 13.1. The topological polar surface area (TPSA) is 93.5 Å². The lowest BCUT2D eigenvalue weighted by molar-refractivity contribution is -0.384. The number of nitro benzene ring substituents is 1. The highest BCUT2D eigenvalue weighted by Gasteiger charge is 2.22. The normalized spacial score (nSPS) is 20.6. The Morgan fingerprint density at radius 1 is 1.55 bits per heavy atom. The smallest absolute Gasteiger partial charge is 0.273 e. The molecule has 0 spiro atoms. The summed E-state index contributed by atoms with van der Waals surface area (Å²) in [4.78, 5) is 22.0. The van der Waals surface area contributed by atoms with Crippen LogP contribution >= 0.6 is 12.4 Å². The molecule has 1 saturated heterocycles. The molecule has 1 aliphatic rings. The van der Waals surface area contributed by atoms with Crippen molar-refractivity contribution >= 4 is 24.0 Å². The molecule has 1 aromatic carbocycles. The Morgan fingerprint density at radius 2 is 2.32 bits per heavy atom. The monoisotopic (exact) mass is 329 g/mol. The fourth-order valence-electron chi connectivity index (χ4n) is 2.33. The molecule has 0 radical (unpaired) electrons. The number of rotatable bonds is 5. The van der Waals surface area contributed by atoms with Crippen molar-refractivity contribution in [2.75, 3.05) is 13.2 Å². The Bertz CT molecular complexity index is 527. The van der Waals surface area contributed by atoms with E-state index in [4.69, 9.17) is 4.74 Å². The number of non-ortho nitro benzene ring substituents is 1. The van der Waals surface area contributed by atoms with Crippen LogP contribution in [-0.2, 0) is 4.79 Å². The zero-order chi connectivity index (χ0) is 15.2.